The van der Waals surface area contributed by atoms with Gasteiger partial charge in [-0.05, 0) is 29.8 Å². The first-order chi connectivity index (χ1) is 13.6. The number of para-hydroxylation sites is 1. The van der Waals surface area contributed by atoms with Crippen molar-refractivity contribution in [2.45, 2.75) is 24.3 Å². The van der Waals surface area contributed by atoms with Crippen LogP contribution < -0.4 is 10.6 Å². The van der Waals surface area contributed by atoms with Gasteiger partial charge in [-0.2, -0.15) is 0 Å². The van der Waals surface area contributed by atoms with Crippen molar-refractivity contribution >= 4 is 38.2 Å². The summed E-state index contributed by atoms with van der Waals surface area (Å²) >= 11 is 0. The maximum Gasteiger partial charge on any atom is 0.247 e. The molecule has 2 amide bonds. The van der Waals surface area contributed by atoms with E-state index in [1.54, 1.807) is 6.20 Å². The van der Waals surface area contributed by atoms with Crippen molar-refractivity contribution in [3.05, 3.63) is 60.0 Å². The molecule has 1 heterocycles. The predicted molar refractivity (Wildman–Crippen MR) is 108 cm³/mol. The molecule has 3 aromatic rings. The number of aromatic amines is 1. The van der Waals surface area contributed by atoms with E-state index >= 15 is 0 Å². The zero-order valence-corrected chi connectivity index (χ0v) is 16.6. The third-order valence-corrected chi connectivity index (χ3v) is 5.53. The summed E-state index contributed by atoms with van der Waals surface area (Å²) in [4.78, 5) is 27.3. The van der Waals surface area contributed by atoms with E-state index in [1.807, 2.05) is 24.3 Å². The highest BCUT2D eigenvalue weighted by atomic mass is 32.2. The van der Waals surface area contributed by atoms with Gasteiger partial charge in [0.15, 0.2) is 9.84 Å². The molecule has 3 N–H and O–H groups in total. The quantitative estimate of drug-likeness (QED) is 0.535. The molecule has 1 atom stereocenters. The van der Waals surface area contributed by atoms with Crippen LogP contribution >= 0.6 is 0 Å². The number of aromatic nitrogens is 1. The van der Waals surface area contributed by atoms with Crippen LogP contribution in [0.5, 0.6) is 0 Å². The maximum absolute atomic E-state index is 14.1. The number of hydrogen-bond donors (Lipinski definition) is 3. The van der Waals surface area contributed by atoms with Gasteiger partial charge in [-0.15, -0.1) is 0 Å². The number of fused-ring (bicyclic) bond motifs is 1. The third-order valence-electron chi connectivity index (χ3n) is 4.42. The van der Waals surface area contributed by atoms with E-state index in [2.05, 4.69) is 15.6 Å². The van der Waals surface area contributed by atoms with Gasteiger partial charge in [0.2, 0.25) is 11.8 Å². The van der Waals surface area contributed by atoms with Crippen LogP contribution in [0.4, 0.5) is 10.1 Å². The van der Waals surface area contributed by atoms with Gasteiger partial charge < -0.3 is 15.6 Å². The highest BCUT2D eigenvalue weighted by Crippen LogP contribution is 2.22. The highest BCUT2D eigenvalue weighted by molar-refractivity contribution is 7.90. The fourth-order valence-electron chi connectivity index (χ4n) is 3.03. The predicted octanol–water partition coefficient (Wildman–Crippen LogP) is 2.40. The molecule has 3 rings (SSSR count). The van der Waals surface area contributed by atoms with E-state index in [0.29, 0.717) is 0 Å². The van der Waals surface area contributed by atoms with E-state index in [9.17, 15) is 22.4 Å². The van der Waals surface area contributed by atoms with Crippen molar-refractivity contribution in [3.8, 4) is 0 Å². The van der Waals surface area contributed by atoms with Gasteiger partial charge in [0, 0.05) is 36.7 Å². The monoisotopic (exact) mass is 417 g/mol. The standard InChI is InChI=1S/C20H20FN3O4S/c1-12(25)23-19(9-13-11-22-17-6-4-3-5-15(13)17)20(26)24-18-10-14(29(2,27)28)7-8-16(18)21/h3-8,10-11,19,22H,9H2,1-2H3,(H,23,25)(H,24,26). The Kier molecular flexibility index (Phi) is 5.69. The minimum absolute atomic E-state index is 0.123. The van der Waals surface area contributed by atoms with Crippen molar-refractivity contribution in [2.75, 3.05) is 11.6 Å². The van der Waals surface area contributed by atoms with Gasteiger partial charge in [0.25, 0.3) is 0 Å². The van der Waals surface area contributed by atoms with Crippen molar-refractivity contribution in [2.24, 2.45) is 0 Å². The summed E-state index contributed by atoms with van der Waals surface area (Å²) in [6.45, 7) is 1.28. The second kappa shape index (κ2) is 8.04. The van der Waals surface area contributed by atoms with Gasteiger partial charge in [0.1, 0.15) is 11.9 Å². The summed E-state index contributed by atoms with van der Waals surface area (Å²) in [5.74, 6) is -1.86. The van der Waals surface area contributed by atoms with Crippen molar-refractivity contribution in [1.29, 1.82) is 0 Å². The minimum Gasteiger partial charge on any atom is -0.361 e. The highest BCUT2D eigenvalue weighted by Gasteiger charge is 2.23. The number of amides is 2. The summed E-state index contributed by atoms with van der Waals surface area (Å²) in [5.41, 5.74) is 1.42. The number of carbonyl (C=O) groups excluding carboxylic acids is 2. The summed E-state index contributed by atoms with van der Waals surface area (Å²) in [7, 11) is -3.57. The number of rotatable bonds is 6. The second-order valence-electron chi connectivity index (χ2n) is 6.72. The lowest BCUT2D eigenvalue weighted by Gasteiger charge is -2.18. The molecule has 7 nitrogen and oxygen atoms in total. The topological polar surface area (TPSA) is 108 Å². The number of benzene rings is 2. The van der Waals surface area contributed by atoms with Gasteiger partial charge in [-0.3, -0.25) is 9.59 Å². The summed E-state index contributed by atoms with van der Waals surface area (Å²) in [6.07, 6.45) is 2.91. The average molecular weight is 417 g/mol. The van der Waals surface area contributed by atoms with E-state index < -0.39 is 33.5 Å². The first kappa shape index (κ1) is 20.5. The number of halogens is 1. The fraction of sp³-hybridized carbons (Fsp3) is 0.200. The number of anilines is 1. The molecule has 0 spiro atoms. The molecule has 0 bridgehead atoms. The molecule has 1 aromatic heterocycles. The van der Waals surface area contributed by atoms with Gasteiger partial charge >= 0.3 is 0 Å². The lowest BCUT2D eigenvalue weighted by atomic mass is 10.0. The van der Waals surface area contributed by atoms with Crippen LogP contribution in [0, 0.1) is 5.82 Å². The van der Waals surface area contributed by atoms with Gasteiger partial charge in [-0.25, -0.2) is 12.8 Å². The third kappa shape index (κ3) is 4.80. The van der Waals surface area contributed by atoms with Crippen LogP contribution in [0.15, 0.2) is 53.6 Å². The number of H-pyrrole nitrogens is 1. The SMILES string of the molecule is CC(=O)NC(Cc1c[nH]c2ccccc12)C(=O)Nc1cc(S(C)(=O)=O)ccc1F. The average Bonchev–Trinajstić information content (AvgIpc) is 3.05. The molecule has 0 aliphatic rings. The van der Waals surface area contributed by atoms with Crippen LogP contribution in [-0.4, -0.2) is 37.5 Å². The first-order valence-corrected chi connectivity index (χ1v) is 10.7. The molecule has 0 aliphatic heterocycles. The molecule has 1 unspecified atom stereocenters. The molecule has 152 valence electrons. The van der Waals surface area contributed by atoms with Crippen LogP contribution in [0.2, 0.25) is 0 Å². The van der Waals surface area contributed by atoms with E-state index in [-0.39, 0.29) is 17.0 Å². The number of hydrogen-bond acceptors (Lipinski definition) is 4. The van der Waals surface area contributed by atoms with Crippen molar-refractivity contribution in [3.63, 3.8) is 0 Å². The molecular formula is C20H20FN3O4S. The normalized spacial score (nSPS) is 12.5. The number of carbonyl (C=O) groups is 2. The smallest absolute Gasteiger partial charge is 0.247 e. The van der Waals surface area contributed by atoms with Crippen molar-refractivity contribution in [1.82, 2.24) is 10.3 Å². The molecule has 9 heteroatoms. The number of nitrogens with one attached hydrogen (secondary N) is 3. The van der Waals surface area contributed by atoms with Crippen LogP contribution in [0.3, 0.4) is 0 Å². The number of sulfone groups is 1. The summed E-state index contributed by atoms with van der Waals surface area (Å²) in [5, 5.41) is 5.85. The Labute approximate surface area is 167 Å². The Morgan fingerprint density at radius 3 is 2.59 bits per heavy atom. The van der Waals surface area contributed by atoms with Gasteiger partial charge in [0.05, 0.1) is 10.6 Å². The summed E-state index contributed by atoms with van der Waals surface area (Å²) < 4.78 is 37.5. The van der Waals surface area contributed by atoms with E-state index in [4.69, 9.17) is 0 Å². The minimum atomic E-state index is -3.57. The zero-order valence-electron chi connectivity index (χ0n) is 15.8. The van der Waals surface area contributed by atoms with E-state index in [1.165, 1.54) is 6.92 Å². The molecule has 2 aromatic carbocycles. The first-order valence-electron chi connectivity index (χ1n) is 8.77. The van der Waals surface area contributed by atoms with Crippen LogP contribution in [0.25, 0.3) is 10.9 Å². The molecule has 0 radical (unpaired) electrons. The van der Waals surface area contributed by atoms with Crippen LogP contribution in [-0.2, 0) is 25.8 Å². The summed E-state index contributed by atoms with van der Waals surface area (Å²) in [6, 6.07) is 9.68. The second-order valence-corrected chi connectivity index (χ2v) is 8.74. The molecule has 0 saturated carbocycles. The molecule has 0 aliphatic carbocycles. The largest absolute Gasteiger partial charge is 0.361 e. The van der Waals surface area contributed by atoms with Crippen molar-refractivity contribution < 1.29 is 22.4 Å². The van der Waals surface area contributed by atoms with E-state index in [0.717, 1.165) is 40.9 Å². The lowest BCUT2D eigenvalue weighted by Crippen LogP contribution is -2.44. The Balaban J connectivity index is 1.88. The Bertz CT molecular complexity index is 1190. The Hall–Kier alpha value is -3.20. The molecule has 29 heavy (non-hydrogen) atoms. The van der Waals surface area contributed by atoms with Gasteiger partial charge in [-0.1, -0.05) is 18.2 Å². The molecule has 0 saturated heterocycles. The Morgan fingerprint density at radius 1 is 1.17 bits per heavy atom. The maximum atomic E-state index is 14.1. The Morgan fingerprint density at radius 2 is 1.90 bits per heavy atom. The molecule has 0 fully saturated rings. The fourth-order valence-corrected chi connectivity index (χ4v) is 3.67. The zero-order chi connectivity index (χ0) is 21.2. The molecular weight excluding hydrogens is 397 g/mol. The van der Waals surface area contributed by atoms with Crippen LogP contribution in [0.1, 0.15) is 12.5 Å². The lowest BCUT2D eigenvalue weighted by molar-refractivity contribution is -0.125.